The molecule has 134 valence electrons. The molecule has 2 aromatic carbocycles. The van der Waals surface area contributed by atoms with Gasteiger partial charge in [-0.2, -0.15) is 0 Å². The molecule has 0 spiro atoms. The minimum Gasteiger partial charge on any atom is -0.425 e. The third-order valence-corrected chi connectivity index (χ3v) is 4.84. The number of hydrogen-bond acceptors (Lipinski definition) is 3. The number of carbonyl (C=O) groups excluding carboxylic acids is 1. The van der Waals surface area contributed by atoms with Crippen LogP contribution < -0.4 is 4.74 Å². The largest absolute Gasteiger partial charge is 0.425 e. The van der Waals surface area contributed by atoms with Gasteiger partial charge >= 0.3 is 5.97 Å². The van der Waals surface area contributed by atoms with Gasteiger partial charge in [-0.3, -0.25) is 4.79 Å². The van der Waals surface area contributed by atoms with Crippen LogP contribution in [0.3, 0.4) is 0 Å². The van der Waals surface area contributed by atoms with E-state index >= 15 is 0 Å². The van der Waals surface area contributed by atoms with Crippen LogP contribution in [0.2, 0.25) is 5.02 Å². The number of carbonyl (C=O) groups is 1. The second kappa shape index (κ2) is 8.70. The van der Waals surface area contributed by atoms with E-state index in [1.807, 2.05) is 18.2 Å². The van der Waals surface area contributed by atoms with Gasteiger partial charge in [-0.25, -0.2) is 0 Å². The third-order valence-electron chi connectivity index (χ3n) is 4.54. The van der Waals surface area contributed by atoms with Crippen LogP contribution in [0.25, 0.3) is 0 Å². The molecule has 0 amide bonds. The SMILES string of the molecule is CCC(=O)Oc1cc2c(cc1Cl)CCN(C)C[C@H]2c1ccccc1.Cl. The Balaban J connectivity index is 0.00000225. The van der Waals surface area contributed by atoms with Gasteiger partial charge in [0, 0.05) is 25.4 Å². The smallest absolute Gasteiger partial charge is 0.310 e. The molecule has 5 heteroatoms. The Hall–Kier alpha value is -1.55. The molecule has 3 nitrogen and oxygen atoms in total. The van der Waals surface area contributed by atoms with Gasteiger partial charge in [-0.1, -0.05) is 48.9 Å². The van der Waals surface area contributed by atoms with E-state index in [2.05, 4.69) is 36.2 Å². The number of fused-ring (bicyclic) bond motifs is 1. The Morgan fingerprint density at radius 3 is 2.68 bits per heavy atom. The summed E-state index contributed by atoms with van der Waals surface area (Å²) < 4.78 is 5.43. The van der Waals surface area contributed by atoms with E-state index in [-0.39, 0.29) is 24.3 Å². The fraction of sp³-hybridized carbons (Fsp3) is 0.350. The van der Waals surface area contributed by atoms with Crippen LogP contribution in [0.5, 0.6) is 5.75 Å². The summed E-state index contributed by atoms with van der Waals surface area (Å²) in [6.07, 6.45) is 1.27. The maximum absolute atomic E-state index is 11.7. The highest BCUT2D eigenvalue weighted by Crippen LogP contribution is 2.37. The zero-order valence-electron chi connectivity index (χ0n) is 14.5. The Morgan fingerprint density at radius 1 is 1.28 bits per heavy atom. The van der Waals surface area contributed by atoms with Crippen molar-refractivity contribution in [3.8, 4) is 5.75 Å². The van der Waals surface area contributed by atoms with Gasteiger partial charge in [0.05, 0.1) is 5.02 Å². The molecule has 0 radical (unpaired) electrons. The molecule has 0 aliphatic carbocycles. The van der Waals surface area contributed by atoms with Crippen LogP contribution in [0, 0.1) is 0 Å². The molecule has 0 saturated heterocycles. The van der Waals surface area contributed by atoms with Crippen LogP contribution in [0.1, 0.15) is 36.0 Å². The van der Waals surface area contributed by atoms with Crippen molar-refractivity contribution in [2.24, 2.45) is 0 Å². The van der Waals surface area contributed by atoms with Crippen LogP contribution in [-0.2, 0) is 11.2 Å². The molecule has 0 saturated carbocycles. The van der Waals surface area contributed by atoms with E-state index in [1.165, 1.54) is 16.7 Å². The Kier molecular flexibility index (Phi) is 6.88. The van der Waals surface area contributed by atoms with Crippen LogP contribution in [0.15, 0.2) is 42.5 Å². The van der Waals surface area contributed by atoms with Crippen molar-refractivity contribution in [2.75, 3.05) is 20.1 Å². The van der Waals surface area contributed by atoms with Crippen LogP contribution >= 0.6 is 24.0 Å². The first-order valence-corrected chi connectivity index (χ1v) is 8.72. The van der Waals surface area contributed by atoms with Crippen LogP contribution in [-0.4, -0.2) is 31.0 Å². The van der Waals surface area contributed by atoms with Crippen molar-refractivity contribution in [3.63, 3.8) is 0 Å². The van der Waals surface area contributed by atoms with Gasteiger partial charge in [-0.05, 0) is 42.3 Å². The normalized spacial score (nSPS) is 17.2. The van der Waals surface area contributed by atoms with Gasteiger partial charge in [0.25, 0.3) is 0 Å². The second-order valence-electron chi connectivity index (χ2n) is 6.28. The zero-order valence-corrected chi connectivity index (χ0v) is 16.1. The molecule has 0 aromatic heterocycles. The second-order valence-corrected chi connectivity index (χ2v) is 6.69. The van der Waals surface area contributed by atoms with Gasteiger partial charge < -0.3 is 9.64 Å². The number of likely N-dealkylation sites (N-methyl/N-ethyl adjacent to an activating group) is 1. The predicted molar refractivity (Wildman–Crippen MR) is 104 cm³/mol. The van der Waals surface area contributed by atoms with Crippen molar-refractivity contribution in [1.82, 2.24) is 4.90 Å². The lowest BCUT2D eigenvalue weighted by Crippen LogP contribution is -2.24. The Morgan fingerprint density at radius 2 is 2.00 bits per heavy atom. The number of nitrogens with zero attached hydrogens (tertiary/aromatic N) is 1. The molecule has 2 aromatic rings. The molecule has 1 aliphatic heterocycles. The molecule has 0 fully saturated rings. The lowest BCUT2D eigenvalue weighted by atomic mass is 9.88. The van der Waals surface area contributed by atoms with E-state index in [9.17, 15) is 4.79 Å². The van der Waals surface area contributed by atoms with E-state index in [4.69, 9.17) is 16.3 Å². The summed E-state index contributed by atoms with van der Waals surface area (Å²) in [6.45, 7) is 3.70. The number of halogens is 2. The highest BCUT2D eigenvalue weighted by atomic mass is 35.5. The number of esters is 1. The summed E-state index contributed by atoms with van der Waals surface area (Å²) in [6, 6.07) is 14.4. The summed E-state index contributed by atoms with van der Waals surface area (Å²) in [5.74, 6) is 0.441. The highest BCUT2D eigenvalue weighted by molar-refractivity contribution is 6.32. The first kappa shape index (κ1) is 19.8. The standard InChI is InChI=1S/C20H22ClNO2.ClH/c1-3-20(23)24-19-12-16-15(11-18(19)21)9-10-22(2)13-17(16)14-7-5-4-6-8-14;/h4-8,11-12,17H,3,9-10,13H2,1-2H3;1H/t17-;/m0./s1. The zero-order chi connectivity index (χ0) is 17.1. The van der Waals surface area contributed by atoms with Gasteiger partial charge in [0.15, 0.2) is 0 Å². The number of benzene rings is 2. The number of rotatable bonds is 3. The highest BCUT2D eigenvalue weighted by Gasteiger charge is 2.25. The van der Waals surface area contributed by atoms with E-state index in [0.29, 0.717) is 17.2 Å². The maximum Gasteiger partial charge on any atom is 0.310 e. The minimum atomic E-state index is -0.265. The molecule has 3 rings (SSSR count). The molecular weight excluding hydrogens is 357 g/mol. The van der Waals surface area contributed by atoms with Crippen molar-refractivity contribution < 1.29 is 9.53 Å². The Bertz CT molecular complexity index is 734. The average Bonchev–Trinajstić information content (AvgIpc) is 2.75. The van der Waals surface area contributed by atoms with Gasteiger partial charge in [0.1, 0.15) is 5.75 Å². The fourth-order valence-electron chi connectivity index (χ4n) is 3.21. The van der Waals surface area contributed by atoms with E-state index < -0.39 is 0 Å². The molecule has 0 bridgehead atoms. The summed E-state index contributed by atoms with van der Waals surface area (Å²) in [5, 5.41) is 0.506. The van der Waals surface area contributed by atoms with E-state index in [1.54, 1.807) is 6.92 Å². The third kappa shape index (κ3) is 4.55. The van der Waals surface area contributed by atoms with Crippen LogP contribution in [0.4, 0.5) is 0 Å². The monoisotopic (exact) mass is 379 g/mol. The molecule has 1 aliphatic rings. The molecule has 1 heterocycles. The summed E-state index contributed by atoms with van der Waals surface area (Å²) in [5.41, 5.74) is 3.70. The maximum atomic E-state index is 11.7. The lowest BCUT2D eigenvalue weighted by Gasteiger charge is -2.22. The first-order chi connectivity index (χ1) is 11.6. The van der Waals surface area contributed by atoms with Gasteiger partial charge in [0.2, 0.25) is 0 Å². The van der Waals surface area contributed by atoms with Gasteiger partial charge in [-0.15, -0.1) is 12.4 Å². The average molecular weight is 380 g/mol. The lowest BCUT2D eigenvalue weighted by molar-refractivity contribution is -0.134. The van der Waals surface area contributed by atoms with Crippen molar-refractivity contribution in [2.45, 2.75) is 25.7 Å². The molecule has 1 atom stereocenters. The fourth-order valence-corrected chi connectivity index (χ4v) is 3.43. The summed E-state index contributed by atoms with van der Waals surface area (Å²) >= 11 is 6.35. The Labute approximate surface area is 160 Å². The minimum absolute atomic E-state index is 0. The molecule has 0 unspecified atom stereocenters. The summed E-state index contributed by atoms with van der Waals surface area (Å²) in [7, 11) is 2.14. The number of ether oxygens (including phenoxy) is 1. The van der Waals surface area contributed by atoms with Crippen molar-refractivity contribution in [3.05, 3.63) is 64.2 Å². The predicted octanol–water partition coefficient (Wildman–Crippen LogP) is 4.70. The molecule has 25 heavy (non-hydrogen) atoms. The first-order valence-electron chi connectivity index (χ1n) is 8.35. The van der Waals surface area contributed by atoms with E-state index in [0.717, 1.165) is 19.5 Å². The summed E-state index contributed by atoms with van der Waals surface area (Å²) in [4.78, 5) is 14.0. The topological polar surface area (TPSA) is 29.5 Å². The van der Waals surface area contributed by atoms with Crippen molar-refractivity contribution in [1.29, 1.82) is 0 Å². The molecule has 0 N–H and O–H groups in total. The van der Waals surface area contributed by atoms with Crippen molar-refractivity contribution >= 4 is 30.0 Å². The quantitative estimate of drug-likeness (QED) is 0.571. The molecular formula is C20H23Cl2NO2. The number of hydrogen-bond donors (Lipinski definition) is 0.